The second kappa shape index (κ2) is 36.1. The van der Waals surface area contributed by atoms with E-state index in [1.54, 1.807) is 0 Å². The lowest BCUT2D eigenvalue weighted by atomic mass is 9.88. The van der Waals surface area contributed by atoms with E-state index in [2.05, 4.69) is 67.4 Å². The van der Waals surface area contributed by atoms with Gasteiger partial charge in [0.15, 0.2) is 0 Å². The summed E-state index contributed by atoms with van der Waals surface area (Å²) in [6.07, 6.45) is 48.5. The molecule has 0 aliphatic rings. The van der Waals surface area contributed by atoms with Crippen molar-refractivity contribution in [3.05, 3.63) is 48.6 Å². The second-order valence-corrected chi connectivity index (χ2v) is 13.8. The van der Waals surface area contributed by atoms with E-state index in [9.17, 15) is 9.59 Å². The van der Waals surface area contributed by atoms with E-state index in [1.807, 2.05) is 14.1 Å². The molecule has 3 heteroatoms. The van der Waals surface area contributed by atoms with Crippen molar-refractivity contribution < 1.29 is 9.59 Å². The highest BCUT2D eigenvalue weighted by Gasteiger charge is 2.21. The van der Waals surface area contributed by atoms with E-state index in [0.29, 0.717) is 25.0 Å². The minimum atomic E-state index is -0.0596. The van der Waals surface area contributed by atoms with E-state index < -0.39 is 0 Å². The summed E-state index contributed by atoms with van der Waals surface area (Å²) in [7, 11) is 4.10. The first-order valence-corrected chi connectivity index (χ1v) is 19.8. The lowest BCUT2D eigenvalue weighted by Gasteiger charge is -2.16. The summed E-state index contributed by atoms with van der Waals surface area (Å²) in [6.45, 7) is 5.44. The SMILES string of the molecule is CCCCC/C=C\C/C=C\CCCCCCCC(=O)C(CCCCCCC/C=C\C/C=C\CCCCC)CC(=O)CCCN(C)C. The molecule has 0 aliphatic carbocycles. The van der Waals surface area contributed by atoms with Crippen molar-refractivity contribution in [1.82, 2.24) is 4.90 Å². The van der Waals surface area contributed by atoms with Crippen molar-refractivity contribution in [3.8, 4) is 0 Å². The number of carbonyl (C=O) groups excluding carboxylic acids is 2. The van der Waals surface area contributed by atoms with Gasteiger partial charge in [0.2, 0.25) is 0 Å². The first-order chi connectivity index (χ1) is 22.5. The average Bonchev–Trinajstić information content (AvgIpc) is 3.03. The van der Waals surface area contributed by atoms with Crippen LogP contribution in [-0.4, -0.2) is 37.1 Å². The smallest absolute Gasteiger partial charge is 0.136 e. The molecule has 0 N–H and O–H groups in total. The molecule has 0 heterocycles. The number of unbranched alkanes of at least 4 members (excludes halogenated alkanes) is 16. The lowest BCUT2D eigenvalue weighted by molar-refractivity contribution is -0.128. The molecule has 1 atom stereocenters. The largest absolute Gasteiger partial charge is 0.309 e. The van der Waals surface area contributed by atoms with Gasteiger partial charge in [0.05, 0.1) is 0 Å². The van der Waals surface area contributed by atoms with Gasteiger partial charge in [-0.25, -0.2) is 0 Å². The van der Waals surface area contributed by atoms with Crippen molar-refractivity contribution in [2.75, 3.05) is 20.6 Å². The molecular formula is C43H77NO2. The third-order valence-electron chi connectivity index (χ3n) is 8.87. The monoisotopic (exact) mass is 640 g/mol. The molecule has 0 aromatic rings. The number of carbonyl (C=O) groups is 2. The Morgan fingerprint density at radius 2 is 0.935 bits per heavy atom. The Morgan fingerprint density at radius 1 is 0.500 bits per heavy atom. The van der Waals surface area contributed by atoms with E-state index in [1.165, 1.54) is 103 Å². The first-order valence-electron chi connectivity index (χ1n) is 19.8. The van der Waals surface area contributed by atoms with Gasteiger partial charge in [-0.3, -0.25) is 9.59 Å². The number of hydrogen-bond acceptors (Lipinski definition) is 3. The van der Waals surface area contributed by atoms with Crippen LogP contribution in [0.25, 0.3) is 0 Å². The van der Waals surface area contributed by atoms with Crippen LogP contribution >= 0.6 is 0 Å². The van der Waals surface area contributed by atoms with Gasteiger partial charge in [0.1, 0.15) is 11.6 Å². The molecule has 0 saturated heterocycles. The minimum absolute atomic E-state index is 0.0596. The summed E-state index contributed by atoms with van der Waals surface area (Å²) in [5, 5.41) is 0. The van der Waals surface area contributed by atoms with Crippen LogP contribution in [0.1, 0.15) is 187 Å². The van der Waals surface area contributed by atoms with Crippen LogP contribution in [0.15, 0.2) is 48.6 Å². The topological polar surface area (TPSA) is 37.4 Å². The van der Waals surface area contributed by atoms with Gasteiger partial charge in [-0.1, -0.05) is 133 Å². The molecule has 0 rings (SSSR count). The molecule has 0 fully saturated rings. The average molecular weight is 640 g/mol. The Labute approximate surface area is 287 Å². The Morgan fingerprint density at radius 3 is 1.41 bits per heavy atom. The standard InChI is InChI=1S/C43H77NO2/c1-5-7-9-11-13-15-17-19-21-23-25-27-29-31-33-36-41(40-42(45)37-35-39-44(3)4)43(46)38-34-32-30-28-26-24-22-20-18-16-14-12-10-8-6-2/h13-16,19-22,41H,5-12,17-18,23-40H2,1-4H3/b15-13-,16-14-,21-19-,22-20-. The maximum absolute atomic E-state index is 13.2. The maximum atomic E-state index is 13.2. The van der Waals surface area contributed by atoms with Crippen LogP contribution in [0.5, 0.6) is 0 Å². The molecular weight excluding hydrogens is 562 g/mol. The van der Waals surface area contributed by atoms with Gasteiger partial charge in [-0.15, -0.1) is 0 Å². The van der Waals surface area contributed by atoms with Gasteiger partial charge < -0.3 is 4.90 Å². The van der Waals surface area contributed by atoms with Gasteiger partial charge >= 0.3 is 0 Å². The summed E-state index contributed by atoms with van der Waals surface area (Å²) in [5.74, 6) is 0.565. The van der Waals surface area contributed by atoms with Crippen LogP contribution in [0.4, 0.5) is 0 Å². The zero-order valence-electron chi connectivity index (χ0n) is 31.3. The number of nitrogens with zero attached hydrogens (tertiary/aromatic N) is 1. The quantitative estimate of drug-likeness (QED) is 0.0511. The van der Waals surface area contributed by atoms with Crippen molar-refractivity contribution in [2.45, 2.75) is 187 Å². The van der Waals surface area contributed by atoms with Crippen LogP contribution in [0, 0.1) is 5.92 Å². The van der Waals surface area contributed by atoms with Gasteiger partial charge in [0, 0.05) is 25.2 Å². The maximum Gasteiger partial charge on any atom is 0.136 e. The van der Waals surface area contributed by atoms with Crippen molar-refractivity contribution in [1.29, 1.82) is 0 Å². The zero-order valence-corrected chi connectivity index (χ0v) is 31.3. The summed E-state index contributed by atoms with van der Waals surface area (Å²) in [5.41, 5.74) is 0. The highest BCUT2D eigenvalue weighted by Crippen LogP contribution is 2.21. The molecule has 0 aromatic heterocycles. The Balaban J connectivity index is 4.19. The summed E-state index contributed by atoms with van der Waals surface area (Å²) >= 11 is 0. The predicted octanol–water partition coefficient (Wildman–Crippen LogP) is 13.1. The highest BCUT2D eigenvalue weighted by atomic mass is 16.1. The van der Waals surface area contributed by atoms with Crippen LogP contribution in [0.3, 0.4) is 0 Å². The summed E-state index contributed by atoms with van der Waals surface area (Å²) < 4.78 is 0. The molecule has 266 valence electrons. The Kier molecular flexibility index (Phi) is 34.7. The van der Waals surface area contributed by atoms with Crippen LogP contribution in [0.2, 0.25) is 0 Å². The van der Waals surface area contributed by atoms with Gasteiger partial charge in [-0.05, 0) is 104 Å². The lowest BCUT2D eigenvalue weighted by Crippen LogP contribution is -2.20. The summed E-state index contributed by atoms with van der Waals surface area (Å²) in [6, 6.07) is 0. The third kappa shape index (κ3) is 33.6. The molecule has 3 nitrogen and oxygen atoms in total. The number of rotatable bonds is 35. The first kappa shape index (κ1) is 44.3. The number of hydrogen-bond donors (Lipinski definition) is 0. The third-order valence-corrected chi connectivity index (χ3v) is 8.87. The number of Topliss-reactive ketones (excluding diaryl/α,β-unsaturated/α-hetero) is 2. The Hall–Kier alpha value is -1.74. The van der Waals surface area contributed by atoms with Gasteiger partial charge in [-0.2, -0.15) is 0 Å². The van der Waals surface area contributed by atoms with Crippen LogP contribution in [-0.2, 0) is 9.59 Å². The summed E-state index contributed by atoms with van der Waals surface area (Å²) in [4.78, 5) is 28.0. The molecule has 0 spiro atoms. The fraction of sp³-hybridized carbons (Fsp3) is 0.767. The second-order valence-electron chi connectivity index (χ2n) is 13.8. The molecule has 0 radical (unpaired) electrons. The van der Waals surface area contributed by atoms with Crippen LogP contribution < -0.4 is 0 Å². The Bertz CT molecular complexity index is 791. The molecule has 0 aromatic carbocycles. The molecule has 0 amide bonds. The molecule has 0 bridgehead atoms. The van der Waals surface area contributed by atoms with E-state index >= 15 is 0 Å². The number of allylic oxidation sites excluding steroid dienone is 8. The van der Waals surface area contributed by atoms with Crippen molar-refractivity contribution in [3.63, 3.8) is 0 Å². The van der Waals surface area contributed by atoms with Gasteiger partial charge in [0.25, 0.3) is 0 Å². The predicted molar refractivity (Wildman–Crippen MR) is 205 cm³/mol. The normalized spacial score (nSPS) is 13.0. The minimum Gasteiger partial charge on any atom is -0.309 e. The molecule has 0 aliphatic heterocycles. The van der Waals surface area contributed by atoms with Crippen molar-refractivity contribution in [2.24, 2.45) is 5.92 Å². The fourth-order valence-electron chi connectivity index (χ4n) is 5.86. The van der Waals surface area contributed by atoms with E-state index in [-0.39, 0.29) is 11.7 Å². The molecule has 46 heavy (non-hydrogen) atoms. The fourth-order valence-corrected chi connectivity index (χ4v) is 5.86. The molecule has 0 saturated carbocycles. The highest BCUT2D eigenvalue weighted by molar-refractivity contribution is 5.87. The van der Waals surface area contributed by atoms with E-state index in [4.69, 9.17) is 0 Å². The zero-order chi connectivity index (χ0) is 33.8. The number of ketones is 2. The van der Waals surface area contributed by atoms with Crippen molar-refractivity contribution >= 4 is 11.6 Å². The molecule has 1 unspecified atom stereocenters. The van der Waals surface area contributed by atoms with E-state index in [0.717, 1.165) is 57.9 Å².